The summed E-state index contributed by atoms with van der Waals surface area (Å²) < 4.78 is 31.0. The smallest absolute Gasteiger partial charge is 0.316 e. The summed E-state index contributed by atoms with van der Waals surface area (Å²) >= 11 is 0. The number of benzene rings is 1. The van der Waals surface area contributed by atoms with Crippen LogP contribution < -0.4 is 10.1 Å². The molecular weight excluding hydrogens is 455 g/mol. The number of nitrogens with one attached hydrogen (secondary N) is 2. The molecule has 186 valence electrons. The lowest BCUT2D eigenvalue weighted by Gasteiger charge is -2.34. The Morgan fingerprint density at radius 3 is 2.60 bits per heavy atom. The SMILES string of the molecule is CNC(=O)C1(C)COC(c2nc(-c3ccc(F)cc3)c(-c3ccnc(OCCN(C)C)n3)[nH]2)OC1. The highest BCUT2D eigenvalue weighted by molar-refractivity contribution is 5.82. The Balaban J connectivity index is 1.64. The number of hydrogen-bond acceptors (Lipinski definition) is 8. The zero-order valence-corrected chi connectivity index (χ0v) is 20.2. The van der Waals surface area contributed by atoms with E-state index in [1.807, 2.05) is 19.0 Å². The topological polar surface area (TPSA) is 114 Å². The van der Waals surface area contributed by atoms with E-state index in [4.69, 9.17) is 19.2 Å². The Kier molecular flexibility index (Phi) is 7.39. The molecule has 0 aliphatic carbocycles. The van der Waals surface area contributed by atoms with Crippen LogP contribution in [-0.4, -0.2) is 78.3 Å². The molecule has 1 aliphatic heterocycles. The number of rotatable bonds is 8. The Labute approximate surface area is 202 Å². The Morgan fingerprint density at radius 1 is 1.23 bits per heavy atom. The molecule has 0 spiro atoms. The van der Waals surface area contributed by atoms with Gasteiger partial charge in [-0.3, -0.25) is 4.79 Å². The molecule has 3 heterocycles. The number of aromatic nitrogens is 4. The quantitative estimate of drug-likeness (QED) is 0.501. The third-order valence-electron chi connectivity index (χ3n) is 5.60. The number of imidazole rings is 1. The first-order chi connectivity index (χ1) is 16.8. The first-order valence-electron chi connectivity index (χ1n) is 11.2. The van der Waals surface area contributed by atoms with E-state index in [1.54, 1.807) is 38.4 Å². The van der Waals surface area contributed by atoms with Gasteiger partial charge in [0.2, 0.25) is 12.2 Å². The maximum absolute atomic E-state index is 13.6. The molecule has 35 heavy (non-hydrogen) atoms. The van der Waals surface area contributed by atoms with Crippen molar-refractivity contribution >= 4 is 5.91 Å². The molecule has 0 radical (unpaired) electrons. The summed E-state index contributed by atoms with van der Waals surface area (Å²) in [7, 11) is 5.48. The van der Waals surface area contributed by atoms with Gasteiger partial charge in [0, 0.05) is 25.4 Å². The second-order valence-corrected chi connectivity index (χ2v) is 8.82. The van der Waals surface area contributed by atoms with Gasteiger partial charge in [-0.25, -0.2) is 14.4 Å². The van der Waals surface area contributed by atoms with Gasteiger partial charge in [-0.15, -0.1) is 0 Å². The second kappa shape index (κ2) is 10.5. The van der Waals surface area contributed by atoms with Gasteiger partial charge in [0.15, 0.2) is 5.82 Å². The molecule has 11 heteroatoms. The van der Waals surface area contributed by atoms with Crippen LogP contribution in [0.15, 0.2) is 36.5 Å². The van der Waals surface area contributed by atoms with E-state index in [0.717, 1.165) is 0 Å². The number of ether oxygens (including phenoxy) is 3. The average molecular weight is 485 g/mol. The van der Waals surface area contributed by atoms with Gasteiger partial charge in [0.25, 0.3) is 0 Å². The van der Waals surface area contributed by atoms with Crippen LogP contribution in [0.4, 0.5) is 4.39 Å². The number of aromatic amines is 1. The van der Waals surface area contributed by atoms with E-state index >= 15 is 0 Å². The summed E-state index contributed by atoms with van der Waals surface area (Å²) in [6.07, 6.45) is 0.795. The van der Waals surface area contributed by atoms with Gasteiger partial charge in [-0.05, 0) is 51.4 Å². The summed E-state index contributed by atoms with van der Waals surface area (Å²) in [5, 5.41) is 2.63. The highest BCUT2D eigenvalue weighted by Crippen LogP contribution is 2.35. The molecule has 10 nitrogen and oxygen atoms in total. The molecule has 1 aromatic carbocycles. The molecule has 1 amide bonds. The largest absolute Gasteiger partial charge is 0.462 e. The fraction of sp³-hybridized carbons (Fsp3) is 0.417. The van der Waals surface area contributed by atoms with Crippen LogP contribution in [0.5, 0.6) is 6.01 Å². The van der Waals surface area contributed by atoms with E-state index in [-0.39, 0.29) is 30.9 Å². The lowest BCUT2D eigenvalue weighted by Crippen LogP contribution is -2.47. The fourth-order valence-corrected chi connectivity index (χ4v) is 3.57. The lowest BCUT2D eigenvalue weighted by atomic mass is 9.91. The molecule has 0 atom stereocenters. The third-order valence-corrected chi connectivity index (χ3v) is 5.60. The van der Waals surface area contributed by atoms with Crippen molar-refractivity contribution in [3.8, 4) is 28.7 Å². The fourth-order valence-electron chi connectivity index (χ4n) is 3.57. The monoisotopic (exact) mass is 484 g/mol. The number of H-pyrrole nitrogens is 1. The molecule has 2 aromatic heterocycles. The van der Waals surface area contributed by atoms with Gasteiger partial charge in [-0.1, -0.05) is 0 Å². The predicted molar refractivity (Wildman–Crippen MR) is 126 cm³/mol. The maximum atomic E-state index is 13.6. The van der Waals surface area contributed by atoms with Gasteiger partial charge >= 0.3 is 6.01 Å². The van der Waals surface area contributed by atoms with Crippen LogP contribution >= 0.6 is 0 Å². The molecule has 2 N–H and O–H groups in total. The molecule has 1 aliphatic rings. The molecular formula is C24H29FN6O4. The number of hydrogen-bond donors (Lipinski definition) is 2. The summed E-state index contributed by atoms with van der Waals surface area (Å²) in [5.41, 5.74) is 1.56. The van der Waals surface area contributed by atoms with E-state index in [0.29, 0.717) is 41.6 Å². The van der Waals surface area contributed by atoms with Crippen LogP contribution in [0.1, 0.15) is 19.0 Å². The Hall–Kier alpha value is -3.41. The summed E-state index contributed by atoms with van der Waals surface area (Å²) in [6, 6.07) is 7.97. The van der Waals surface area contributed by atoms with Crippen molar-refractivity contribution < 1.29 is 23.4 Å². The minimum absolute atomic E-state index is 0.161. The maximum Gasteiger partial charge on any atom is 0.316 e. The van der Waals surface area contributed by atoms with E-state index in [9.17, 15) is 9.18 Å². The average Bonchev–Trinajstić information content (AvgIpc) is 3.30. The van der Waals surface area contributed by atoms with Crippen LogP contribution in [-0.2, 0) is 14.3 Å². The molecule has 4 rings (SSSR count). The van der Waals surface area contributed by atoms with Crippen molar-refractivity contribution in [2.75, 3.05) is 47.5 Å². The van der Waals surface area contributed by atoms with Crippen LogP contribution in [0.25, 0.3) is 22.6 Å². The minimum atomic E-state index is -0.807. The molecule has 0 unspecified atom stereocenters. The van der Waals surface area contributed by atoms with Crippen molar-refractivity contribution in [2.45, 2.75) is 13.2 Å². The van der Waals surface area contributed by atoms with E-state index in [1.165, 1.54) is 12.1 Å². The van der Waals surface area contributed by atoms with Crippen molar-refractivity contribution in [1.82, 2.24) is 30.2 Å². The zero-order chi connectivity index (χ0) is 25.0. The van der Waals surface area contributed by atoms with Gasteiger partial charge in [0.1, 0.15) is 12.4 Å². The van der Waals surface area contributed by atoms with Gasteiger partial charge in [0.05, 0.1) is 35.7 Å². The number of carbonyl (C=O) groups excluding carboxylic acids is 1. The second-order valence-electron chi connectivity index (χ2n) is 8.82. The van der Waals surface area contributed by atoms with Crippen molar-refractivity contribution in [3.63, 3.8) is 0 Å². The first kappa shape index (κ1) is 24.7. The number of carbonyl (C=O) groups is 1. The molecule has 0 saturated carbocycles. The van der Waals surface area contributed by atoms with Crippen molar-refractivity contribution in [1.29, 1.82) is 0 Å². The molecule has 3 aromatic rings. The Bertz CT molecular complexity index is 1160. The highest BCUT2D eigenvalue weighted by atomic mass is 19.1. The van der Waals surface area contributed by atoms with E-state index < -0.39 is 11.7 Å². The third kappa shape index (κ3) is 5.64. The zero-order valence-electron chi connectivity index (χ0n) is 20.2. The minimum Gasteiger partial charge on any atom is -0.462 e. The molecule has 0 bridgehead atoms. The van der Waals surface area contributed by atoms with Crippen LogP contribution in [0, 0.1) is 11.2 Å². The summed E-state index contributed by atoms with van der Waals surface area (Å²) in [5.74, 6) is -0.102. The summed E-state index contributed by atoms with van der Waals surface area (Å²) in [6.45, 7) is 3.25. The highest BCUT2D eigenvalue weighted by Gasteiger charge is 2.40. The normalized spacial score (nSPS) is 20.1. The van der Waals surface area contributed by atoms with Gasteiger partial charge in [-0.2, -0.15) is 4.98 Å². The number of nitrogens with zero attached hydrogens (tertiary/aromatic N) is 4. The predicted octanol–water partition coefficient (Wildman–Crippen LogP) is 2.41. The van der Waals surface area contributed by atoms with Crippen LogP contribution in [0.3, 0.4) is 0 Å². The number of halogens is 1. The van der Waals surface area contributed by atoms with Gasteiger partial charge < -0.3 is 29.4 Å². The lowest BCUT2D eigenvalue weighted by molar-refractivity contribution is -0.230. The molecule has 1 fully saturated rings. The number of likely N-dealkylation sites (N-methyl/N-ethyl adjacent to an activating group) is 1. The Morgan fingerprint density at radius 2 is 1.94 bits per heavy atom. The first-order valence-corrected chi connectivity index (χ1v) is 11.2. The van der Waals surface area contributed by atoms with Crippen LogP contribution in [0.2, 0.25) is 0 Å². The molecule has 1 saturated heterocycles. The summed E-state index contributed by atoms with van der Waals surface area (Å²) in [4.78, 5) is 30.8. The standard InChI is InChI=1S/C24H29FN6O4/c1-24(22(32)26-2)13-34-21(35-14-24)20-29-18(15-5-7-16(25)8-6-15)19(30-20)17-9-10-27-23(28-17)33-12-11-31(3)4/h5-10,21H,11-14H2,1-4H3,(H,26,32)(H,29,30). The van der Waals surface area contributed by atoms with Crippen molar-refractivity contribution in [2.24, 2.45) is 5.41 Å². The number of amides is 1. The van der Waals surface area contributed by atoms with Crippen molar-refractivity contribution in [3.05, 3.63) is 48.2 Å². The van der Waals surface area contributed by atoms with E-state index in [2.05, 4.69) is 20.3 Å².